The van der Waals surface area contributed by atoms with Crippen LogP contribution in [0.5, 0.6) is 0 Å². The fraction of sp³-hybridized carbons (Fsp3) is 0.467. The highest BCUT2D eigenvalue weighted by Gasteiger charge is 2.40. The van der Waals surface area contributed by atoms with Crippen LogP contribution in [0.15, 0.2) is 6.20 Å². The summed E-state index contributed by atoms with van der Waals surface area (Å²) in [6.45, 7) is 2.56. The molecule has 7 nitrogen and oxygen atoms in total. The molecule has 126 valence electrons. The van der Waals surface area contributed by atoms with E-state index < -0.39 is 0 Å². The number of nitrogens with zero attached hydrogens (tertiary/aromatic N) is 5. The Bertz CT molecular complexity index is 823. The van der Waals surface area contributed by atoms with E-state index in [1.807, 2.05) is 31.9 Å². The Balaban J connectivity index is 1.82. The highest BCUT2D eigenvalue weighted by atomic mass is 35.5. The lowest BCUT2D eigenvalue weighted by molar-refractivity contribution is -0.127. The highest BCUT2D eigenvalue weighted by molar-refractivity contribution is 7.10. The summed E-state index contributed by atoms with van der Waals surface area (Å²) in [4.78, 5) is 14.0. The van der Waals surface area contributed by atoms with Crippen LogP contribution < -0.4 is 5.32 Å². The monoisotopic (exact) mass is 364 g/mol. The number of carbonyl (C=O) groups is 1. The number of likely N-dealkylation sites (tertiary alicyclic amines) is 1. The van der Waals surface area contributed by atoms with Crippen molar-refractivity contribution >= 4 is 34.0 Å². The second-order valence-corrected chi connectivity index (χ2v) is 7.02. The molecule has 1 amide bonds. The van der Waals surface area contributed by atoms with Gasteiger partial charge in [0, 0.05) is 44.2 Å². The van der Waals surface area contributed by atoms with Gasteiger partial charge in [0.05, 0.1) is 12.2 Å². The van der Waals surface area contributed by atoms with Crippen LogP contribution >= 0.6 is 23.1 Å². The van der Waals surface area contributed by atoms with Gasteiger partial charge in [-0.2, -0.15) is 14.7 Å². The molecular formula is C15H17ClN6OS. The maximum atomic E-state index is 12.2. The molecule has 9 heteroatoms. The first-order valence-electron chi connectivity index (χ1n) is 7.47. The SMILES string of the molecule is Cc1c([C@H]2[C@H](CNc3snc(Cl)c3C#N)CC(=O)N2C)cnn1C. The molecule has 3 heterocycles. The van der Waals surface area contributed by atoms with E-state index in [1.165, 1.54) is 0 Å². The fourth-order valence-corrected chi connectivity index (χ4v) is 4.06. The van der Waals surface area contributed by atoms with Crippen molar-refractivity contribution in [2.45, 2.75) is 19.4 Å². The van der Waals surface area contributed by atoms with Crippen LogP contribution in [0.4, 0.5) is 5.00 Å². The van der Waals surface area contributed by atoms with E-state index in [9.17, 15) is 4.79 Å². The third kappa shape index (κ3) is 2.74. The minimum atomic E-state index is -0.0346. The Labute approximate surface area is 149 Å². The fourth-order valence-electron chi connectivity index (χ4n) is 3.12. The molecule has 0 bridgehead atoms. The molecule has 3 rings (SSSR count). The molecule has 0 spiro atoms. The van der Waals surface area contributed by atoms with Crippen LogP contribution in [0.2, 0.25) is 5.15 Å². The number of nitriles is 1. The van der Waals surface area contributed by atoms with Gasteiger partial charge >= 0.3 is 0 Å². The minimum absolute atomic E-state index is 0.0346. The largest absolute Gasteiger partial charge is 0.374 e. The molecule has 2 aromatic rings. The number of aryl methyl sites for hydroxylation is 1. The summed E-state index contributed by atoms with van der Waals surface area (Å²) >= 11 is 7.06. The summed E-state index contributed by atoms with van der Waals surface area (Å²) in [6, 6.07) is 2.02. The lowest BCUT2D eigenvalue weighted by Crippen LogP contribution is -2.27. The number of carbonyl (C=O) groups excluding carboxylic acids is 1. The number of halogens is 1. The molecule has 1 fully saturated rings. The number of anilines is 1. The molecule has 1 aliphatic rings. The first-order valence-corrected chi connectivity index (χ1v) is 8.62. The van der Waals surface area contributed by atoms with Gasteiger partial charge in [-0.3, -0.25) is 9.48 Å². The smallest absolute Gasteiger partial charge is 0.223 e. The predicted molar refractivity (Wildman–Crippen MR) is 91.9 cm³/mol. The van der Waals surface area contributed by atoms with Crippen molar-refractivity contribution in [1.29, 1.82) is 5.26 Å². The summed E-state index contributed by atoms with van der Waals surface area (Å²) in [5.41, 5.74) is 2.46. The second-order valence-electron chi connectivity index (χ2n) is 5.89. The van der Waals surface area contributed by atoms with Crippen LogP contribution in [-0.2, 0) is 11.8 Å². The van der Waals surface area contributed by atoms with Crippen molar-refractivity contribution in [2.24, 2.45) is 13.0 Å². The van der Waals surface area contributed by atoms with Crippen molar-refractivity contribution in [1.82, 2.24) is 19.1 Å². The van der Waals surface area contributed by atoms with E-state index in [4.69, 9.17) is 16.9 Å². The lowest BCUT2D eigenvalue weighted by Gasteiger charge is -2.25. The average Bonchev–Trinajstić information content (AvgIpc) is 3.16. The molecule has 1 saturated heterocycles. The zero-order valence-corrected chi connectivity index (χ0v) is 15.1. The molecule has 0 radical (unpaired) electrons. The van der Waals surface area contributed by atoms with E-state index in [0.29, 0.717) is 23.5 Å². The maximum Gasteiger partial charge on any atom is 0.223 e. The van der Waals surface area contributed by atoms with Gasteiger partial charge in [0.15, 0.2) is 5.15 Å². The average molecular weight is 365 g/mol. The topological polar surface area (TPSA) is 86.8 Å². The first-order chi connectivity index (χ1) is 11.4. The van der Waals surface area contributed by atoms with Gasteiger partial charge < -0.3 is 10.2 Å². The highest BCUT2D eigenvalue weighted by Crippen LogP contribution is 2.39. The van der Waals surface area contributed by atoms with Gasteiger partial charge in [-0.15, -0.1) is 0 Å². The Morgan fingerprint density at radius 2 is 2.29 bits per heavy atom. The van der Waals surface area contributed by atoms with E-state index >= 15 is 0 Å². The number of rotatable bonds is 4. The molecule has 24 heavy (non-hydrogen) atoms. The van der Waals surface area contributed by atoms with Gasteiger partial charge in [0.25, 0.3) is 0 Å². The van der Waals surface area contributed by atoms with Crippen LogP contribution in [0.3, 0.4) is 0 Å². The Morgan fingerprint density at radius 1 is 1.54 bits per heavy atom. The van der Waals surface area contributed by atoms with Crippen LogP contribution in [0.25, 0.3) is 0 Å². The number of hydrogen-bond donors (Lipinski definition) is 1. The predicted octanol–water partition coefficient (Wildman–Crippen LogP) is 2.34. The molecule has 2 atom stereocenters. The molecule has 0 unspecified atom stereocenters. The lowest BCUT2D eigenvalue weighted by atomic mass is 9.94. The summed E-state index contributed by atoms with van der Waals surface area (Å²) in [7, 11) is 3.71. The van der Waals surface area contributed by atoms with E-state index in [0.717, 1.165) is 22.8 Å². The van der Waals surface area contributed by atoms with Gasteiger partial charge in [-0.1, -0.05) is 11.6 Å². The zero-order chi connectivity index (χ0) is 17.4. The summed E-state index contributed by atoms with van der Waals surface area (Å²) in [6.07, 6.45) is 2.28. The van der Waals surface area contributed by atoms with Crippen molar-refractivity contribution < 1.29 is 4.79 Å². The van der Waals surface area contributed by atoms with Crippen LogP contribution in [0, 0.1) is 24.2 Å². The van der Waals surface area contributed by atoms with Gasteiger partial charge in [-0.05, 0) is 18.5 Å². The van der Waals surface area contributed by atoms with Gasteiger partial charge in [0.1, 0.15) is 16.6 Å². The van der Waals surface area contributed by atoms with Gasteiger partial charge in [0.2, 0.25) is 5.91 Å². The normalized spacial score (nSPS) is 20.5. The molecule has 2 aromatic heterocycles. The van der Waals surface area contributed by atoms with Crippen LogP contribution in [0.1, 0.15) is 29.3 Å². The standard InChI is InChI=1S/C15H17ClN6OS/c1-8-11(7-19-22(8)3)13-9(4-12(23)21(13)2)6-18-15-10(5-17)14(16)20-24-15/h7,9,13,18H,4,6H2,1-3H3/t9-,13+/m0/s1. The summed E-state index contributed by atoms with van der Waals surface area (Å²) in [5, 5.41) is 17.5. The number of hydrogen-bond acceptors (Lipinski definition) is 6. The number of aromatic nitrogens is 3. The van der Waals surface area contributed by atoms with Crippen LogP contribution in [-0.4, -0.2) is 38.6 Å². The maximum absolute atomic E-state index is 12.2. The van der Waals surface area contributed by atoms with Crippen molar-refractivity contribution in [3.8, 4) is 6.07 Å². The molecule has 1 aliphatic heterocycles. The number of nitrogens with one attached hydrogen (secondary N) is 1. The van der Waals surface area contributed by atoms with Gasteiger partial charge in [-0.25, -0.2) is 0 Å². The first kappa shape index (κ1) is 16.7. The third-order valence-electron chi connectivity index (χ3n) is 4.57. The van der Waals surface area contributed by atoms with Crippen molar-refractivity contribution in [3.63, 3.8) is 0 Å². The van der Waals surface area contributed by atoms with E-state index in [1.54, 1.807) is 4.90 Å². The quantitative estimate of drug-likeness (QED) is 0.899. The second kappa shape index (κ2) is 6.42. The molecule has 0 saturated carbocycles. The zero-order valence-electron chi connectivity index (χ0n) is 13.6. The van der Waals surface area contributed by atoms with Crippen molar-refractivity contribution in [3.05, 3.63) is 28.2 Å². The van der Waals surface area contributed by atoms with E-state index in [-0.39, 0.29) is 23.0 Å². The molecule has 1 N–H and O–H groups in total. The Morgan fingerprint density at radius 3 is 2.92 bits per heavy atom. The third-order valence-corrected chi connectivity index (χ3v) is 5.75. The van der Waals surface area contributed by atoms with E-state index in [2.05, 4.69) is 20.9 Å². The summed E-state index contributed by atoms with van der Waals surface area (Å²) < 4.78 is 5.80. The minimum Gasteiger partial charge on any atom is -0.374 e. The molecule has 0 aromatic carbocycles. The summed E-state index contributed by atoms with van der Waals surface area (Å²) in [5.74, 6) is 0.190. The number of amides is 1. The Hall–Kier alpha value is -2.11. The molecular weight excluding hydrogens is 348 g/mol. The Kier molecular flexibility index (Phi) is 4.47. The van der Waals surface area contributed by atoms with Crippen molar-refractivity contribution in [2.75, 3.05) is 18.9 Å². The molecule has 0 aliphatic carbocycles.